The van der Waals surface area contributed by atoms with E-state index in [1.165, 1.54) is 28.4 Å². The number of amides is 2. The van der Waals surface area contributed by atoms with Gasteiger partial charge in [-0.25, -0.2) is 0 Å². The van der Waals surface area contributed by atoms with Crippen LogP contribution in [0, 0.1) is 0 Å². The van der Waals surface area contributed by atoms with E-state index >= 15 is 0 Å². The van der Waals surface area contributed by atoms with E-state index in [2.05, 4.69) is 10.6 Å². The molecule has 0 bridgehead atoms. The molecule has 0 heterocycles. The van der Waals surface area contributed by atoms with Crippen molar-refractivity contribution in [3.8, 4) is 23.0 Å². The van der Waals surface area contributed by atoms with Crippen molar-refractivity contribution in [1.29, 1.82) is 0 Å². The molecule has 0 unspecified atom stereocenters. The molecule has 0 radical (unpaired) electrons. The first-order valence-corrected chi connectivity index (χ1v) is 9.67. The Morgan fingerprint density at radius 2 is 1.27 bits per heavy atom. The molecule has 2 rings (SSSR count). The second kappa shape index (κ2) is 14.4. The molecule has 33 heavy (non-hydrogen) atoms. The van der Waals surface area contributed by atoms with Crippen molar-refractivity contribution in [2.24, 2.45) is 0 Å². The summed E-state index contributed by atoms with van der Waals surface area (Å²) in [7, 11) is 9.02. The fraction of sp³-hybridized carbons (Fsp3) is 0.364. The van der Waals surface area contributed by atoms with Crippen molar-refractivity contribution >= 4 is 23.2 Å². The molecule has 0 aliphatic heterocycles. The molecule has 0 aliphatic carbocycles. The van der Waals surface area contributed by atoms with Crippen LogP contribution in [0.25, 0.3) is 0 Å². The van der Waals surface area contributed by atoms with E-state index in [1.807, 2.05) is 0 Å². The topological polar surface area (TPSA) is 140 Å². The number of anilines is 2. The lowest BCUT2D eigenvalue weighted by atomic mass is 10.2. The summed E-state index contributed by atoms with van der Waals surface area (Å²) in [5, 5.41) is 4.86. The third-order valence-electron chi connectivity index (χ3n) is 4.21. The summed E-state index contributed by atoms with van der Waals surface area (Å²) in [6.07, 6.45) is -0.613. The largest absolute Gasteiger partial charge is 0.493 e. The molecule has 2 amide bonds. The Kier molecular flexibility index (Phi) is 11.9. The van der Waals surface area contributed by atoms with E-state index in [4.69, 9.17) is 34.2 Å². The normalized spacial score (nSPS) is 9.91. The summed E-state index contributed by atoms with van der Waals surface area (Å²) >= 11 is 0. The number of benzene rings is 2. The smallest absolute Gasteiger partial charge is 0.313 e. The molecule has 11 nitrogen and oxygen atoms in total. The van der Waals surface area contributed by atoms with Crippen molar-refractivity contribution in [2.45, 2.75) is 6.29 Å². The zero-order valence-corrected chi connectivity index (χ0v) is 19.6. The Balaban J connectivity index is 0.000000412. The van der Waals surface area contributed by atoms with Gasteiger partial charge in [0.05, 0.1) is 35.0 Å². The number of nitrogens with one attached hydrogen (secondary N) is 2. The van der Waals surface area contributed by atoms with Crippen LogP contribution in [0.5, 0.6) is 23.0 Å². The van der Waals surface area contributed by atoms with Gasteiger partial charge in [0, 0.05) is 37.7 Å². The number of nitrogen functional groups attached to an aromatic ring is 1. The third kappa shape index (κ3) is 8.75. The molecule has 0 spiro atoms. The minimum Gasteiger partial charge on any atom is -0.493 e. The highest BCUT2D eigenvalue weighted by Gasteiger charge is 2.16. The van der Waals surface area contributed by atoms with Gasteiger partial charge in [0.25, 0.3) is 0 Å². The van der Waals surface area contributed by atoms with E-state index in [-0.39, 0.29) is 6.54 Å². The molecule has 2 aromatic rings. The first kappa shape index (κ1) is 27.3. The second-order valence-corrected chi connectivity index (χ2v) is 6.25. The molecule has 0 fully saturated rings. The number of hydrogen-bond donors (Lipinski definition) is 3. The standard InChI is InChI=1S/C14H20N2O6.C8H11NO2/c1-19-10-6-5-9(7-11(10)20-2)16-14(18)13(17)15-8-12(21-3)22-4;1-10-7-4-3-6(9)5-8(7)11-2/h5-7,12H,8H2,1-4H3,(H,15,17)(H,16,18);3-5H,9H2,1-2H3. The van der Waals surface area contributed by atoms with Gasteiger partial charge in [-0.15, -0.1) is 0 Å². The maximum Gasteiger partial charge on any atom is 0.313 e. The molecule has 0 aliphatic rings. The van der Waals surface area contributed by atoms with Gasteiger partial charge in [-0.2, -0.15) is 0 Å². The van der Waals surface area contributed by atoms with Crippen LogP contribution in [0.15, 0.2) is 36.4 Å². The maximum absolute atomic E-state index is 11.8. The van der Waals surface area contributed by atoms with Crippen molar-refractivity contribution in [1.82, 2.24) is 5.32 Å². The Morgan fingerprint density at radius 3 is 1.79 bits per heavy atom. The summed E-state index contributed by atoms with van der Waals surface area (Å²) in [6, 6.07) is 10.0. The Hall–Kier alpha value is -3.70. The lowest BCUT2D eigenvalue weighted by Crippen LogP contribution is -2.40. The number of carbonyl (C=O) groups is 2. The lowest BCUT2D eigenvalue weighted by Gasteiger charge is -2.14. The number of hydrogen-bond acceptors (Lipinski definition) is 9. The van der Waals surface area contributed by atoms with Crippen LogP contribution in [0.1, 0.15) is 0 Å². The van der Waals surface area contributed by atoms with Crippen LogP contribution in [0.3, 0.4) is 0 Å². The summed E-state index contributed by atoms with van der Waals surface area (Å²) in [4.78, 5) is 23.4. The molecule has 0 aromatic heterocycles. The van der Waals surface area contributed by atoms with Crippen molar-refractivity contribution in [2.75, 3.05) is 60.3 Å². The highest BCUT2D eigenvalue weighted by molar-refractivity contribution is 6.39. The van der Waals surface area contributed by atoms with Gasteiger partial charge in [0.1, 0.15) is 0 Å². The van der Waals surface area contributed by atoms with Gasteiger partial charge in [0.2, 0.25) is 0 Å². The average molecular weight is 466 g/mol. The first-order chi connectivity index (χ1) is 15.8. The molecule has 182 valence electrons. The van der Waals surface area contributed by atoms with E-state index in [0.29, 0.717) is 34.4 Å². The first-order valence-electron chi connectivity index (χ1n) is 9.67. The minimum absolute atomic E-state index is 0.0607. The van der Waals surface area contributed by atoms with Gasteiger partial charge >= 0.3 is 11.8 Å². The number of methoxy groups -OCH3 is 6. The molecular formula is C22H31N3O8. The Labute approximate surface area is 193 Å². The van der Waals surface area contributed by atoms with E-state index < -0.39 is 18.1 Å². The number of carbonyl (C=O) groups excluding carboxylic acids is 2. The van der Waals surface area contributed by atoms with Gasteiger partial charge < -0.3 is 44.8 Å². The predicted octanol–water partition coefficient (Wildman–Crippen LogP) is 1.66. The lowest BCUT2D eigenvalue weighted by molar-refractivity contribution is -0.139. The van der Waals surface area contributed by atoms with Crippen LogP contribution >= 0.6 is 0 Å². The summed E-state index contributed by atoms with van der Waals surface area (Å²) in [6.45, 7) is 0.0607. The van der Waals surface area contributed by atoms with E-state index in [9.17, 15) is 9.59 Å². The summed E-state index contributed by atoms with van der Waals surface area (Å²) in [5.41, 5.74) is 6.60. The predicted molar refractivity (Wildman–Crippen MR) is 123 cm³/mol. The fourth-order valence-electron chi connectivity index (χ4n) is 2.47. The molecule has 0 saturated heterocycles. The van der Waals surface area contributed by atoms with Gasteiger partial charge in [-0.1, -0.05) is 0 Å². The zero-order valence-electron chi connectivity index (χ0n) is 19.6. The molecule has 0 saturated carbocycles. The van der Waals surface area contributed by atoms with Gasteiger partial charge in [0.15, 0.2) is 29.3 Å². The molecule has 11 heteroatoms. The van der Waals surface area contributed by atoms with Crippen LogP contribution in [-0.2, 0) is 19.1 Å². The molecule has 0 atom stereocenters. The highest BCUT2D eigenvalue weighted by atomic mass is 16.7. The Bertz CT molecular complexity index is 903. The van der Waals surface area contributed by atoms with Crippen molar-refractivity contribution < 1.29 is 38.0 Å². The highest BCUT2D eigenvalue weighted by Crippen LogP contribution is 2.30. The summed E-state index contributed by atoms with van der Waals surface area (Å²) < 4.78 is 30.0. The van der Waals surface area contributed by atoms with E-state index in [0.717, 1.165) is 0 Å². The monoisotopic (exact) mass is 465 g/mol. The van der Waals surface area contributed by atoms with E-state index in [1.54, 1.807) is 50.6 Å². The molecule has 4 N–H and O–H groups in total. The van der Waals surface area contributed by atoms with Gasteiger partial charge in [-0.05, 0) is 24.3 Å². The van der Waals surface area contributed by atoms with Crippen LogP contribution in [-0.4, -0.2) is 67.3 Å². The fourth-order valence-corrected chi connectivity index (χ4v) is 2.47. The summed E-state index contributed by atoms with van der Waals surface area (Å²) in [5.74, 6) is 0.716. The Morgan fingerprint density at radius 1 is 0.758 bits per heavy atom. The van der Waals surface area contributed by atoms with Crippen LogP contribution in [0.4, 0.5) is 11.4 Å². The maximum atomic E-state index is 11.8. The van der Waals surface area contributed by atoms with Crippen molar-refractivity contribution in [3.63, 3.8) is 0 Å². The zero-order chi connectivity index (χ0) is 24.8. The van der Waals surface area contributed by atoms with Crippen molar-refractivity contribution in [3.05, 3.63) is 36.4 Å². The minimum atomic E-state index is -0.807. The molecular weight excluding hydrogens is 434 g/mol. The quantitative estimate of drug-likeness (QED) is 0.287. The third-order valence-corrected chi connectivity index (χ3v) is 4.21. The number of ether oxygens (including phenoxy) is 6. The van der Waals surface area contributed by atoms with Crippen LogP contribution in [0.2, 0.25) is 0 Å². The average Bonchev–Trinajstić information content (AvgIpc) is 2.84. The molecule has 2 aromatic carbocycles. The number of rotatable bonds is 9. The number of nitrogens with two attached hydrogens (primary N) is 1. The SMILES string of the molecule is COc1ccc(N)cc1OC.COc1ccc(NC(=O)C(=O)NCC(OC)OC)cc1OC. The van der Waals surface area contributed by atoms with Crippen LogP contribution < -0.4 is 35.3 Å². The van der Waals surface area contributed by atoms with Gasteiger partial charge in [-0.3, -0.25) is 9.59 Å². The second-order valence-electron chi connectivity index (χ2n) is 6.25.